The summed E-state index contributed by atoms with van der Waals surface area (Å²) in [6.45, 7) is 7.33. The smallest absolute Gasteiger partial charge is 0.148 e. The van der Waals surface area contributed by atoms with Crippen molar-refractivity contribution in [2.75, 3.05) is 20.2 Å². The minimum absolute atomic E-state index is 0.0765. The molecule has 2 fully saturated rings. The van der Waals surface area contributed by atoms with Crippen molar-refractivity contribution in [2.24, 2.45) is 5.41 Å². The van der Waals surface area contributed by atoms with Gasteiger partial charge in [-0.3, -0.25) is 9.59 Å². The van der Waals surface area contributed by atoms with Gasteiger partial charge in [0, 0.05) is 31.5 Å². The molecule has 3 rings (SSSR count). The highest BCUT2D eigenvalue weighted by Crippen LogP contribution is 2.46. The first-order valence-electron chi connectivity index (χ1n) is 9.27. The minimum atomic E-state index is -0.607. The van der Waals surface area contributed by atoms with E-state index in [0.29, 0.717) is 12.8 Å². The first-order valence-corrected chi connectivity index (χ1v) is 9.27. The summed E-state index contributed by atoms with van der Waals surface area (Å²) in [5, 5.41) is 1.91. The number of ketones is 2. The maximum atomic E-state index is 13.1. The first-order chi connectivity index (χ1) is 12.4. The molecule has 0 N–H and O–H groups in total. The van der Waals surface area contributed by atoms with Crippen LogP contribution in [0.4, 0.5) is 0 Å². The Morgan fingerprint density at radius 1 is 1.08 bits per heavy atom. The second-order valence-corrected chi connectivity index (χ2v) is 7.73. The van der Waals surface area contributed by atoms with E-state index >= 15 is 0 Å². The standard InChI is InChI=1S/C22H27NO3/c1-5-6-17-11-15(2)20(16(3)12-17)21-18(24)13-22(14-19(21)25)7-9-23(26-4)10-8-22/h11-12,21H,7-10,13-14H2,1-4H3. The van der Waals surface area contributed by atoms with Crippen LogP contribution >= 0.6 is 0 Å². The SMILES string of the molecule is CC#Cc1cc(C)c(C2C(=O)CC3(CCN(OC)CC3)CC2=O)c(C)c1. The Morgan fingerprint density at radius 2 is 1.62 bits per heavy atom. The summed E-state index contributed by atoms with van der Waals surface area (Å²) in [6.07, 6.45) is 2.68. The molecule has 1 saturated heterocycles. The average molecular weight is 353 g/mol. The Balaban J connectivity index is 1.87. The highest BCUT2D eigenvalue weighted by Gasteiger charge is 2.47. The zero-order valence-electron chi connectivity index (χ0n) is 16.1. The number of hydrogen-bond acceptors (Lipinski definition) is 4. The predicted octanol–water partition coefficient (Wildman–Crippen LogP) is 3.33. The van der Waals surface area contributed by atoms with Crippen LogP contribution in [0.2, 0.25) is 0 Å². The lowest BCUT2D eigenvalue weighted by Crippen LogP contribution is -2.46. The van der Waals surface area contributed by atoms with E-state index in [1.807, 2.05) is 31.0 Å². The summed E-state index contributed by atoms with van der Waals surface area (Å²) >= 11 is 0. The number of nitrogens with zero attached hydrogens (tertiary/aromatic N) is 1. The van der Waals surface area contributed by atoms with Crippen LogP contribution in [0.25, 0.3) is 0 Å². The molecule has 138 valence electrons. The second kappa shape index (κ2) is 7.34. The van der Waals surface area contributed by atoms with Crippen LogP contribution in [0.3, 0.4) is 0 Å². The minimum Gasteiger partial charge on any atom is -0.302 e. The fourth-order valence-electron chi connectivity index (χ4n) is 4.65. The first kappa shape index (κ1) is 18.8. The Bertz CT molecular complexity index is 748. The third kappa shape index (κ3) is 3.47. The largest absolute Gasteiger partial charge is 0.302 e. The molecule has 0 atom stereocenters. The van der Waals surface area contributed by atoms with E-state index in [1.54, 1.807) is 14.0 Å². The van der Waals surface area contributed by atoms with E-state index in [0.717, 1.165) is 48.2 Å². The molecule has 1 aliphatic heterocycles. The molecule has 1 heterocycles. The molecule has 1 aromatic rings. The fourth-order valence-corrected chi connectivity index (χ4v) is 4.65. The van der Waals surface area contributed by atoms with Crippen molar-refractivity contribution in [3.63, 3.8) is 0 Å². The number of hydroxylamine groups is 2. The molecule has 0 aromatic heterocycles. The van der Waals surface area contributed by atoms with Gasteiger partial charge in [-0.2, -0.15) is 5.06 Å². The molecule has 26 heavy (non-hydrogen) atoms. The average Bonchev–Trinajstić information content (AvgIpc) is 2.58. The molecule has 1 spiro atoms. The number of piperidine rings is 1. The molecular weight excluding hydrogens is 326 g/mol. The predicted molar refractivity (Wildman–Crippen MR) is 101 cm³/mol. The van der Waals surface area contributed by atoms with Crippen LogP contribution in [0.5, 0.6) is 0 Å². The topological polar surface area (TPSA) is 46.6 Å². The molecule has 4 nitrogen and oxygen atoms in total. The van der Waals surface area contributed by atoms with E-state index < -0.39 is 5.92 Å². The van der Waals surface area contributed by atoms with Gasteiger partial charge in [-0.05, 0) is 67.9 Å². The molecule has 1 aliphatic carbocycles. The summed E-state index contributed by atoms with van der Waals surface area (Å²) < 4.78 is 0. The quantitative estimate of drug-likeness (QED) is 0.604. The Labute approximate surface area is 155 Å². The lowest BCUT2D eigenvalue weighted by molar-refractivity contribution is -0.166. The van der Waals surface area contributed by atoms with Gasteiger partial charge in [0.1, 0.15) is 17.5 Å². The summed E-state index contributed by atoms with van der Waals surface area (Å²) in [5.74, 6) is 5.51. The third-order valence-corrected chi connectivity index (χ3v) is 5.94. The third-order valence-electron chi connectivity index (χ3n) is 5.94. The molecule has 0 bridgehead atoms. The highest BCUT2D eigenvalue weighted by molar-refractivity contribution is 6.10. The van der Waals surface area contributed by atoms with Crippen molar-refractivity contribution >= 4 is 11.6 Å². The van der Waals surface area contributed by atoms with Gasteiger partial charge in [0.2, 0.25) is 0 Å². The molecular formula is C22H27NO3. The van der Waals surface area contributed by atoms with Crippen LogP contribution in [-0.2, 0) is 14.4 Å². The lowest BCUT2D eigenvalue weighted by atomic mass is 9.63. The summed E-state index contributed by atoms with van der Waals surface area (Å²) in [5.41, 5.74) is 3.63. The summed E-state index contributed by atoms with van der Waals surface area (Å²) in [7, 11) is 1.67. The zero-order valence-corrected chi connectivity index (χ0v) is 16.1. The van der Waals surface area contributed by atoms with Gasteiger partial charge in [0.05, 0.1) is 7.11 Å². The highest BCUT2D eigenvalue weighted by atomic mass is 16.7. The molecule has 0 unspecified atom stereocenters. The summed E-state index contributed by atoms with van der Waals surface area (Å²) in [6, 6.07) is 3.97. The maximum Gasteiger partial charge on any atom is 0.148 e. The molecule has 1 aromatic carbocycles. The Kier molecular flexibility index (Phi) is 5.32. The Hall–Kier alpha value is -1.96. The van der Waals surface area contributed by atoms with Gasteiger partial charge in [-0.25, -0.2) is 0 Å². The second-order valence-electron chi connectivity index (χ2n) is 7.73. The van der Waals surface area contributed by atoms with Gasteiger partial charge in [0.15, 0.2) is 0 Å². The van der Waals surface area contributed by atoms with Crippen LogP contribution in [0.1, 0.15) is 60.8 Å². The number of carbonyl (C=O) groups is 2. The van der Waals surface area contributed by atoms with Crippen LogP contribution in [-0.4, -0.2) is 36.8 Å². The van der Waals surface area contributed by atoms with Crippen LogP contribution < -0.4 is 0 Å². The summed E-state index contributed by atoms with van der Waals surface area (Å²) in [4.78, 5) is 31.4. The number of aryl methyl sites for hydroxylation is 2. The van der Waals surface area contributed by atoms with Gasteiger partial charge < -0.3 is 4.84 Å². The van der Waals surface area contributed by atoms with E-state index in [1.165, 1.54) is 0 Å². The molecule has 2 aliphatic rings. The fraction of sp³-hybridized carbons (Fsp3) is 0.545. The van der Waals surface area contributed by atoms with E-state index in [4.69, 9.17) is 4.84 Å². The Morgan fingerprint density at radius 3 is 2.08 bits per heavy atom. The van der Waals surface area contributed by atoms with Crippen molar-refractivity contribution < 1.29 is 14.4 Å². The van der Waals surface area contributed by atoms with Gasteiger partial charge in [0.25, 0.3) is 0 Å². The lowest BCUT2D eigenvalue weighted by Gasteiger charge is -2.44. The van der Waals surface area contributed by atoms with Gasteiger partial charge >= 0.3 is 0 Å². The van der Waals surface area contributed by atoms with Crippen molar-refractivity contribution in [2.45, 2.75) is 52.4 Å². The number of Topliss-reactive ketones (excluding diaryl/α,β-unsaturated/α-hetero) is 2. The zero-order chi connectivity index (χ0) is 18.9. The van der Waals surface area contributed by atoms with Crippen LogP contribution in [0, 0.1) is 31.1 Å². The molecule has 0 radical (unpaired) electrons. The van der Waals surface area contributed by atoms with E-state index in [9.17, 15) is 9.59 Å². The van der Waals surface area contributed by atoms with Crippen molar-refractivity contribution in [1.29, 1.82) is 0 Å². The van der Waals surface area contributed by atoms with Crippen LogP contribution in [0.15, 0.2) is 12.1 Å². The number of hydrogen-bond donors (Lipinski definition) is 0. The molecule has 0 amide bonds. The van der Waals surface area contributed by atoms with Crippen molar-refractivity contribution in [1.82, 2.24) is 5.06 Å². The van der Waals surface area contributed by atoms with E-state index in [-0.39, 0.29) is 17.0 Å². The monoisotopic (exact) mass is 353 g/mol. The van der Waals surface area contributed by atoms with Gasteiger partial charge in [-0.1, -0.05) is 5.92 Å². The van der Waals surface area contributed by atoms with Crippen molar-refractivity contribution in [3.8, 4) is 11.8 Å². The molecule has 1 saturated carbocycles. The number of carbonyl (C=O) groups excluding carboxylic acids is 2. The van der Waals surface area contributed by atoms with Crippen molar-refractivity contribution in [3.05, 3.63) is 34.4 Å². The number of benzene rings is 1. The normalized spacial score (nSPS) is 20.9. The number of rotatable bonds is 2. The van der Waals surface area contributed by atoms with E-state index in [2.05, 4.69) is 11.8 Å². The molecule has 4 heteroatoms. The maximum absolute atomic E-state index is 13.1. The van der Waals surface area contributed by atoms with Gasteiger partial charge in [-0.15, -0.1) is 5.92 Å².